The monoisotopic (exact) mass is 285 g/mol. The van der Waals surface area contributed by atoms with Crippen molar-refractivity contribution in [2.45, 2.75) is 25.7 Å². The van der Waals surface area contributed by atoms with Crippen molar-refractivity contribution >= 4 is 34.5 Å². The van der Waals surface area contributed by atoms with Crippen LogP contribution < -0.4 is 0 Å². The first-order valence-corrected chi connectivity index (χ1v) is 7.82. The lowest BCUT2D eigenvalue weighted by Gasteiger charge is -2.05. The van der Waals surface area contributed by atoms with E-state index in [1.54, 1.807) is 13.0 Å². The highest BCUT2D eigenvalue weighted by Crippen LogP contribution is 2.24. The van der Waals surface area contributed by atoms with Gasteiger partial charge in [0.1, 0.15) is 11.5 Å². The Morgan fingerprint density at radius 1 is 1.39 bits per heavy atom. The molecule has 0 aromatic heterocycles. The fraction of sp³-hybridized carbons (Fsp3) is 0.357. The molecule has 0 heterocycles. The summed E-state index contributed by atoms with van der Waals surface area (Å²) in [6.07, 6.45) is 1.60. The van der Waals surface area contributed by atoms with Crippen LogP contribution in [0.4, 0.5) is 0 Å². The zero-order valence-corrected chi connectivity index (χ0v) is 12.4. The highest BCUT2D eigenvalue weighted by Gasteiger charge is 2.17. The first kappa shape index (κ1) is 15.1. The molecular formula is C14H18ClO2S+. The van der Waals surface area contributed by atoms with Gasteiger partial charge < -0.3 is 5.11 Å². The highest BCUT2D eigenvalue weighted by molar-refractivity contribution is 7.96. The van der Waals surface area contributed by atoms with Gasteiger partial charge in [-0.25, -0.2) is 4.79 Å². The van der Waals surface area contributed by atoms with Crippen LogP contribution in [0.1, 0.15) is 26.3 Å². The minimum absolute atomic E-state index is 0.237. The number of hydrogen-bond acceptors (Lipinski definition) is 1. The van der Waals surface area contributed by atoms with E-state index in [0.717, 1.165) is 17.1 Å². The lowest BCUT2D eigenvalue weighted by Crippen LogP contribution is -2.08. The van der Waals surface area contributed by atoms with Gasteiger partial charge in [-0.05, 0) is 44.5 Å². The largest absolute Gasteiger partial charge is 0.478 e. The molecular weight excluding hydrogens is 268 g/mol. The van der Waals surface area contributed by atoms with E-state index in [-0.39, 0.29) is 16.5 Å². The van der Waals surface area contributed by atoms with Crippen LogP contribution in [-0.2, 0) is 15.7 Å². The molecule has 1 aromatic rings. The molecule has 0 aliphatic carbocycles. The molecule has 2 nitrogen and oxygen atoms in total. The second-order valence-corrected chi connectivity index (χ2v) is 6.90. The van der Waals surface area contributed by atoms with Crippen molar-refractivity contribution in [1.82, 2.24) is 0 Å². The van der Waals surface area contributed by atoms with Gasteiger partial charge in [-0.1, -0.05) is 11.6 Å². The molecule has 0 amide bonds. The predicted octanol–water partition coefficient (Wildman–Crippen LogP) is 3.84. The van der Waals surface area contributed by atoms with Crippen LogP contribution >= 0.6 is 11.6 Å². The summed E-state index contributed by atoms with van der Waals surface area (Å²) in [6, 6.07) is 5.90. The number of rotatable bonds is 5. The third kappa shape index (κ3) is 3.79. The van der Waals surface area contributed by atoms with Crippen LogP contribution in [0.5, 0.6) is 0 Å². The number of aliphatic carboxylic acids is 1. The SMILES string of the molecule is CC[S+](CC)c1ccc(C=C(C)C(=O)O)c(Cl)c1. The molecule has 0 radical (unpaired) electrons. The maximum absolute atomic E-state index is 10.8. The Morgan fingerprint density at radius 3 is 2.44 bits per heavy atom. The molecule has 4 heteroatoms. The van der Waals surface area contributed by atoms with Gasteiger partial charge in [0.25, 0.3) is 0 Å². The van der Waals surface area contributed by atoms with Crippen molar-refractivity contribution in [3.8, 4) is 0 Å². The van der Waals surface area contributed by atoms with E-state index in [2.05, 4.69) is 13.8 Å². The summed E-state index contributed by atoms with van der Waals surface area (Å²) in [7, 11) is 0.237. The lowest BCUT2D eigenvalue weighted by atomic mass is 10.1. The number of halogens is 1. The van der Waals surface area contributed by atoms with Crippen molar-refractivity contribution < 1.29 is 9.90 Å². The van der Waals surface area contributed by atoms with Crippen molar-refractivity contribution in [1.29, 1.82) is 0 Å². The van der Waals surface area contributed by atoms with E-state index in [9.17, 15) is 4.79 Å². The molecule has 0 saturated carbocycles. The Hall–Kier alpha value is -0.930. The van der Waals surface area contributed by atoms with Crippen LogP contribution in [0.25, 0.3) is 6.08 Å². The Labute approximate surface area is 116 Å². The number of carboxylic acids is 1. The van der Waals surface area contributed by atoms with Gasteiger partial charge in [0, 0.05) is 22.5 Å². The molecule has 0 aliphatic rings. The molecule has 0 atom stereocenters. The minimum Gasteiger partial charge on any atom is -0.478 e. The Bertz CT molecular complexity index is 465. The van der Waals surface area contributed by atoms with Crippen molar-refractivity contribution in [2.75, 3.05) is 11.5 Å². The Kier molecular flexibility index (Phi) is 5.76. The summed E-state index contributed by atoms with van der Waals surface area (Å²) in [5.74, 6) is 1.30. The average Bonchev–Trinajstić information content (AvgIpc) is 2.33. The van der Waals surface area contributed by atoms with Crippen LogP contribution in [0, 0.1) is 0 Å². The fourth-order valence-corrected chi connectivity index (χ4v) is 3.56. The summed E-state index contributed by atoms with van der Waals surface area (Å²) in [6.45, 7) is 5.90. The molecule has 98 valence electrons. The zero-order valence-electron chi connectivity index (χ0n) is 10.9. The summed E-state index contributed by atoms with van der Waals surface area (Å²) >= 11 is 6.20. The van der Waals surface area contributed by atoms with Crippen molar-refractivity contribution in [3.63, 3.8) is 0 Å². The lowest BCUT2D eigenvalue weighted by molar-refractivity contribution is -0.132. The van der Waals surface area contributed by atoms with Crippen LogP contribution in [0.2, 0.25) is 5.02 Å². The van der Waals surface area contributed by atoms with E-state index < -0.39 is 5.97 Å². The maximum atomic E-state index is 10.8. The second kappa shape index (κ2) is 6.86. The molecule has 18 heavy (non-hydrogen) atoms. The molecule has 0 fully saturated rings. The molecule has 0 saturated heterocycles. The molecule has 0 aliphatic heterocycles. The predicted molar refractivity (Wildman–Crippen MR) is 79.5 cm³/mol. The molecule has 1 aromatic carbocycles. The van der Waals surface area contributed by atoms with Crippen LogP contribution in [0.3, 0.4) is 0 Å². The number of hydrogen-bond donors (Lipinski definition) is 1. The van der Waals surface area contributed by atoms with Gasteiger partial charge in [0.15, 0.2) is 4.90 Å². The first-order valence-electron chi connectivity index (χ1n) is 5.88. The third-order valence-electron chi connectivity index (χ3n) is 2.71. The molecule has 0 unspecified atom stereocenters. The van der Waals surface area contributed by atoms with Gasteiger partial charge in [-0.3, -0.25) is 0 Å². The van der Waals surface area contributed by atoms with Crippen LogP contribution in [-0.4, -0.2) is 22.6 Å². The Balaban J connectivity index is 3.07. The summed E-state index contributed by atoms with van der Waals surface area (Å²) in [5, 5.41) is 9.46. The van der Waals surface area contributed by atoms with Gasteiger partial charge in [0.2, 0.25) is 0 Å². The van der Waals surface area contributed by atoms with Gasteiger partial charge in [-0.2, -0.15) is 0 Å². The second-order valence-electron chi connectivity index (χ2n) is 3.89. The smallest absolute Gasteiger partial charge is 0.331 e. The summed E-state index contributed by atoms with van der Waals surface area (Å²) in [4.78, 5) is 12.0. The van der Waals surface area contributed by atoms with Crippen LogP contribution in [0.15, 0.2) is 28.7 Å². The first-order chi connectivity index (χ1) is 8.49. The van der Waals surface area contributed by atoms with E-state index in [4.69, 9.17) is 16.7 Å². The van der Waals surface area contributed by atoms with Gasteiger partial charge in [0.05, 0.1) is 5.02 Å². The minimum atomic E-state index is -0.919. The van der Waals surface area contributed by atoms with Crippen molar-refractivity contribution in [3.05, 3.63) is 34.4 Å². The standard InChI is InChI=1S/C14H17ClO2S/c1-4-18(5-2)12-7-6-11(13(15)9-12)8-10(3)14(16)17/h6-9H,4-5H2,1-3H3/p+1. The highest BCUT2D eigenvalue weighted by atomic mass is 35.5. The van der Waals surface area contributed by atoms with Crippen molar-refractivity contribution in [2.24, 2.45) is 0 Å². The van der Waals surface area contributed by atoms with Gasteiger partial charge in [-0.15, -0.1) is 0 Å². The zero-order chi connectivity index (χ0) is 13.7. The molecule has 1 N–H and O–H groups in total. The normalized spacial score (nSPS) is 11.9. The number of carbonyl (C=O) groups is 1. The molecule has 0 bridgehead atoms. The van der Waals surface area contributed by atoms with E-state index in [1.165, 1.54) is 4.90 Å². The topological polar surface area (TPSA) is 37.3 Å². The fourth-order valence-electron chi connectivity index (χ4n) is 1.64. The molecule has 1 rings (SSSR count). The number of carboxylic acid groups (broad SMARTS) is 1. The quantitative estimate of drug-likeness (QED) is 0.659. The van der Waals surface area contributed by atoms with E-state index in [0.29, 0.717) is 5.02 Å². The molecule has 0 spiro atoms. The average molecular weight is 286 g/mol. The number of benzene rings is 1. The van der Waals surface area contributed by atoms with Gasteiger partial charge >= 0.3 is 5.97 Å². The Morgan fingerprint density at radius 2 is 2.00 bits per heavy atom. The summed E-state index contributed by atoms with van der Waals surface area (Å²) < 4.78 is 0. The third-order valence-corrected chi connectivity index (χ3v) is 5.35. The van der Waals surface area contributed by atoms with E-state index in [1.807, 2.05) is 18.2 Å². The van der Waals surface area contributed by atoms with E-state index >= 15 is 0 Å². The summed E-state index contributed by atoms with van der Waals surface area (Å²) in [5.41, 5.74) is 1.05. The maximum Gasteiger partial charge on any atom is 0.331 e.